The molecule has 0 saturated heterocycles. The Balaban J connectivity index is 3.54. The van der Waals surface area contributed by atoms with Gasteiger partial charge < -0.3 is 15.5 Å². The minimum absolute atomic E-state index is 0.0779. The summed E-state index contributed by atoms with van der Waals surface area (Å²) >= 11 is 0. The first-order valence-corrected chi connectivity index (χ1v) is 26.8. The number of nitrogens with one attached hydrogen (secondary N) is 1. The van der Waals surface area contributed by atoms with Crippen LogP contribution < -0.4 is 5.32 Å². The van der Waals surface area contributed by atoms with Gasteiger partial charge in [0.05, 0.1) is 18.8 Å². The van der Waals surface area contributed by atoms with Crippen LogP contribution in [0.5, 0.6) is 0 Å². The Morgan fingerprint density at radius 3 is 1.13 bits per heavy atom. The second kappa shape index (κ2) is 52.9. The normalized spacial score (nSPS) is 13.5. The number of aliphatic hydroxyl groups is 2. The highest BCUT2D eigenvalue weighted by Crippen LogP contribution is 2.16. The van der Waals surface area contributed by atoms with E-state index in [9.17, 15) is 15.0 Å². The molecule has 4 nitrogen and oxygen atoms in total. The van der Waals surface area contributed by atoms with Crippen LogP contribution in [0.4, 0.5) is 0 Å². The minimum Gasteiger partial charge on any atom is -0.394 e. The largest absolute Gasteiger partial charge is 0.394 e. The summed E-state index contributed by atoms with van der Waals surface area (Å²) in [7, 11) is 0. The summed E-state index contributed by atoms with van der Waals surface area (Å²) < 4.78 is 0. The first-order chi connectivity index (χ1) is 30.7. The Morgan fingerprint density at radius 2 is 0.726 bits per heavy atom. The lowest BCUT2D eigenvalue weighted by Gasteiger charge is -2.19. The van der Waals surface area contributed by atoms with E-state index in [2.05, 4.69) is 92.1 Å². The van der Waals surface area contributed by atoms with Crippen LogP contribution in [-0.4, -0.2) is 34.9 Å². The molecule has 4 heteroatoms. The van der Waals surface area contributed by atoms with Gasteiger partial charge in [0, 0.05) is 6.42 Å². The molecule has 0 aromatic heterocycles. The van der Waals surface area contributed by atoms with Crippen molar-refractivity contribution in [3.8, 4) is 0 Å². The lowest BCUT2D eigenvalue weighted by atomic mass is 10.0. The highest BCUT2D eigenvalue weighted by atomic mass is 16.3. The fraction of sp³-hybridized carbons (Fsp3) is 0.741. The molecule has 1 amide bonds. The third kappa shape index (κ3) is 48.6. The van der Waals surface area contributed by atoms with Crippen LogP contribution in [0.2, 0.25) is 0 Å². The molecule has 2 unspecified atom stereocenters. The molecule has 0 aromatic carbocycles. The summed E-state index contributed by atoms with van der Waals surface area (Å²) in [4.78, 5) is 12.5. The van der Waals surface area contributed by atoms with Crippen molar-refractivity contribution in [3.05, 3.63) is 85.1 Å². The average Bonchev–Trinajstić information content (AvgIpc) is 3.28. The molecule has 2 atom stereocenters. The molecule has 62 heavy (non-hydrogen) atoms. The Hall–Kier alpha value is -2.43. The first-order valence-electron chi connectivity index (χ1n) is 26.8. The maximum Gasteiger partial charge on any atom is 0.220 e. The lowest BCUT2D eigenvalue weighted by Crippen LogP contribution is -2.45. The van der Waals surface area contributed by atoms with Crippen LogP contribution in [0.3, 0.4) is 0 Å². The molecular formula is C58H103NO3. The van der Waals surface area contributed by atoms with Crippen molar-refractivity contribution in [2.45, 2.75) is 270 Å². The molecule has 0 spiro atoms. The summed E-state index contributed by atoms with van der Waals surface area (Å²) in [6, 6.07) is -0.648. The van der Waals surface area contributed by atoms with Crippen molar-refractivity contribution >= 4 is 5.91 Å². The summed E-state index contributed by atoms with van der Waals surface area (Å²) in [5.41, 5.74) is 0. The Kier molecular flexibility index (Phi) is 50.8. The zero-order valence-corrected chi connectivity index (χ0v) is 41.1. The van der Waals surface area contributed by atoms with E-state index < -0.39 is 12.1 Å². The molecule has 0 radical (unpaired) electrons. The molecular weight excluding hydrogens is 759 g/mol. The molecule has 0 aliphatic rings. The van der Waals surface area contributed by atoms with Crippen molar-refractivity contribution < 1.29 is 15.0 Å². The van der Waals surface area contributed by atoms with Gasteiger partial charge >= 0.3 is 0 Å². The molecule has 0 aliphatic carbocycles. The van der Waals surface area contributed by atoms with Gasteiger partial charge in [-0.1, -0.05) is 253 Å². The SMILES string of the molecule is CC/C=C\C/C=C\C/C=C\C/C=C\CCCCCCCCCCCCCCCCCCCCC(=O)NC(CO)C(O)/C=C/CC/C=C/CC/C=C/CCCCCCCCCCC. The Bertz CT molecular complexity index is 1110. The van der Waals surface area contributed by atoms with E-state index in [0.29, 0.717) is 6.42 Å². The molecule has 0 bridgehead atoms. The maximum absolute atomic E-state index is 12.5. The van der Waals surface area contributed by atoms with Crippen molar-refractivity contribution in [2.75, 3.05) is 6.61 Å². The number of carbonyl (C=O) groups is 1. The van der Waals surface area contributed by atoms with Gasteiger partial charge in [0.2, 0.25) is 5.91 Å². The zero-order chi connectivity index (χ0) is 44.9. The number of amides is 1. The van der Waals surface area contributed by atoms with E-state index in [-0.39, 0.29) is 12.5 Å². The average molecular weight is 862 g/mol. The van der Waals surface area contributed by atoms with Crippen LogP contribution in [0.15, 0.2) is 85.1 Å². The van der Waals surface area contributed by atoms with Gasteiger partial charge in [0.1, 0.15) is 0 Å². The zero-order valence-electron chi connectivity index (χ0n) is 41.1. The predicted octanol–water partition coefficient (Wildman–Crippen LogP) is 17.6. The van der Waals surface area contributed by atoms with E-state index >= 15 is 0 Å². The molecule has 0 aromatic rings. The number of carbonyl (C=O) groups excluding carboxylic acids is 1. The lowest BCUT2D eigenvalue weighted by molar-refractivity contribution is -0.123. The highest BCUT2D eigenvalue weighted by Gasteiger charge is 2.17. The second-order valence-electron chi connectivity index (χ2n) is 17.9. The topological polar surface area (TPSA) is 69.6 Å². The van der Waals surface area contributed by atoms with E-state index in [0.717, 1.165) is 64.2 Å². The quantitative estimate of drug-likeness (QED) is 0.0422. The van der Waals surface area contributed by atoms with E-state index in [1.54, 1.807) is 6.08 Å². The van der Waals surface area contributed by atoms with Crippen LogP contribution >= 0.6 is 0 Å². The third-order valence-corrected chi connectivity index (χ3v) is 11.8. The molecule has 0 saturated carbocycles. The fourth-order valence-electron chi connectivity index (χ4n) is 7.79. The molecule has 0 heterocycles. The van der Waals surface area contributed by atoms with Gasteiger partial charge in [-0.2, -0.15) is 0 Å². The predicted molar refractivity (Wildman–Crippen MR) is 276 cm³/mol. The van der Waals surface area contributed by atoms with Crippen LogP contribution in [-0.2, 0) is 4.79 Å². The van der Waals surface area contributed by atoms with Gasteiger partial charge in [-0.25, -0.2) is 0 Å². The van der Waals surface area contributed by atoms with Crippen molar-refractivity contribution in [3.63, 3.8) is 0 Å². The van der Waals surface area contributed by atoms with Crippen LogP contribution in [0.25, 0.3) is 0 Å². The molecule has 0 rings (SSSR count). The summed E-state index contributed by atoms with van der Waals surface area (Å²) in [6.07, 6.45) is 77.3. The summed E-state index contributed by atoms with van der Waals surface area (Å²) in [6.45, 7) is 4.19. The third-order valence-electron chi connectivity index (χ3n) is 11.8. The number of unbranched alkanes of at least 4 members (excludes halogenated alkanes) is 29. The fourth-order valence-corrected chi connectivity index (χ4v) is 7.79. The van der Waals surface area contributed by atoms with Gasteiger partial charge in [0.15, 0.2) is 0 Å². The van der Waals surface area contributed by atoms with Gasteiger partial charge in [-0.15, -0.1) is 0 Å². The smallest absolute Gasteiger partial charge is 0.220 e. The number of hydrogen-bond donors (Lipinski definition) is 3. The van der Waals surface area contributed by atoms with Crippen LogP contribution in [0, 0.1) is 0 Å². The van der Waals surface area contributed by atoms with Crippen molar-refractivity contribution in [1.29, 1.82) is 0 Å². The maximum atomic E-state index is 12.5. The molecule has 0 aliphatic heterocycles. The van der Waals surface area contributed by atoms with Gasteiger partial charge in [-0.05, 0) is 83.5 Å². The summed E-state index contributed by atoms with van der Waals surface area (Å²) in [5.74, 6) is -0.0779. The molecule has 358 valence electrons. The van der Waals surface area contributed by atoms with Gasteiger partial charge in [0.25, 0.3) is 0 Å². The van der Waals surface area contributed by atoms with Gasteiger partial charge in [-0.3, -0.25) is 4.79 Å². The monoisotopic (exact) mass is 862 g/mol. The standard InChI is InChI=1S/C58H103NO3/c1-3-5-7-9-11-13-15-17-19-21-23-24-25-26-27-28-29-30-31-32-33-34-36-38-40-42-44-46-48-50-52-54-58(62)59-56(55-60)57(61)53-51-49-47-45-43-41-39-37-35-22-20-18-16-14-12-10-8-6-4-2/h5,7,11,13,17,19,23-24,35,37,43,45,51,53,56-57,60-61H,3-4,6,8-10,12,14-16,18,20-22,25-34,36,38-42,44,46-50,52,54-55H2,1-2H3,(H,59,62)/b7-5-,13-11-,19-17-,24-23-,37-35+,45-43+,53-51+. The van der Waals surface area contributed by atoms with Crippen LogP contribution in [0.1, 0.15) is 258 Å². The van der Waals surface area contributed by atoms with Crippen molar-refractivity contribution in [1.82, 2.24) is 5.32 Å². The second-order valence-corrected chi connectivity index (χ2v) is 17.9. The Morgan fingerprint density at radius 1 is 0.403 bits per heavy atom. The number of rotatable bonds is 48. The van der Waals surface area contributed by atoms with E-state index in [1.807, 2.05) is 6.08 Å². The Labute approximate surface area is 386 Å². The number of hydrogen-bond acceptors (Lipinski definition) is 3. The summed E-state index contributed by atoms with van der Waals surface area (Å²) in [5, 5.41) is 23.1. The van der Waals surface area contributed by atoms with E-state index in [1.165, 1.54) is 173 Å². The molecule has 3 N–H and O–H groups in total. The first kappa shape index (κ1) is 59.6. The van der Waals surface area contributed by atoms with E-state index in [4.69, 9.17) is 0 Å². The van der Waals surface area contributed by atoms with Crippen molar-refractivity contribution in [2.24, 2.45) is 0 Å². The number of allylic oxidation sites excluding steroid dienone is 13. The molecule has 0 fully saturated rings. The highest BCUT2D eigenvalue weighted by molar-refractivity contribution is 5.76. The number of aliphatic hydroxyl groups excluding tert-OH is 2. The minimum atomic E-state index is -0.873.